The van der Waals surface area contributed by atoms with Gasteiger partial charge in [-0.05, 0) is 25.0 Å². The van der Waals surface area contributed by atoms with Crippen molar-refractivity contribution in [3.05, 3.63) is 24.3 Å². The third kappa shape index (κ3) is 4.31. The first kappa shape index (κ1) is 14.5. The minimum atomic E-state index is -4.10. The quantitative estimate of drug-likeness (QED) is 0.920. The molecule has 19 heavy (non-hydrogen) atoms. The molecule has 0 saturated heterocycles. The van der Waals surface area contributed by atoms with Crippen LogP contribution in [0.1, 0.15) is 19.3 Å². The maximum Gasteiger partial charge on any atom is 0.389 e. The molecule has 2 atom stereocenters. The second kappa shape index (κ2) is 6.05. The fourth-order valence-corrected chi connectivity index (χ4v) is 3.06. The highest BCUT2D eigenvalue weighted by Gasteiger charge is 2.29. The molecule has 1 aliphatic rings. The van der Waals surface area contributed by atoms with Gasteiger partial charge in [-0.2, -0.15) is 13.2 Å². The van der Waals surface area contributed by atoms with Gasteiger partial charge in [0.05, 0.1) is 0 Å². The standard InChI is InChI=1S/C13H16F3NOS/c14-13(15,16)7-3-4-9(17)11-8-19-12-6-2-1-5-10(12)18-11/h1-2,5-6,9,11H,3-4,7-8,17H2. The van der Waals surface area contributed by atoms with E-state index < -0.39 is 12.6 Å². The average Bonchev–Trinajstić information content (AvgIpc) is 2.36. The van der Waals surface area contributed by atoms with Crippen LogP contribution in [-0.2, 0) is 0 Å². The van der Waals surface area contributed by atoms with Crippen molar-refractivity contribution in [2.45, 2.75) is 42.5 Å². The summed E-state index contributed by atoms with van der Waals surface area (Å²) in [5, 5.41) is 0. The normalized spacial score (nSPS) is 20.5. The van der Waals surface area contributed by atoms with E-state index in [4.69, 9.17) is 10.5 Å². The topological polar surface area (TPSA) is 35.2 Å². The molecule has 0 bridgehead atoms. The van der Waals surface area contributed by atoms with Crippen molar-refractivity contribution in [2.75, 3.05) is 5.75 Å². The van der Waals surface area contributed by atoms with Crippen LogP contribution in [0, 0.1) is 0 Å². The van der Waals surface area contributed by atoms with Crippen molar-refractivity contribution < 1.29 is 17.9 Å². The first-order valence-corrected chi connectivity index (χ1v) is 7.15. The van der Waals surface area contributed by atoms with Gasteiger partial charge in [-0.3, -0.25) is 0 Å². The molecule has 2 N–H and O–H groups in total. The number of alkyl halides is 3. The van der Waals surface area contributed by atoms with Crippen LogP contribution in [0.15, 0.2) is 29.2 Å². The van der Waals surface area contributed by atoms with E-state index in [1.807, 2.05) is 24.3 Å². The largest absolute Gasteiger partial charge is 0.487 e. The Kier molecular flexibility index (Phi) is 4.62. The smallest absolute Gasteiger partial charge is 0.389 e. The van der Waals surface area contributed by atoms with Gasteiger partial charge in [0.15, 0.2) is 0 Å². The van der Waals surface area contributed by atoms with Crippen molar-refractivity contribution >= 4 is 11.8 Å². The van der Waals surface area contributed by atoms with Crippen LogP contribution >= 0.6 is 11.8 Å². The number of ether oxygens (including phenoxy) is 1. The van der Waals surface area contributed by atoms with Crippen LogP contribution in [0.4, 0.5) is 13.2 Å². The van der Waals surface area contributed by atoms with E-state index in [9.17, 15) is 13.2 Å². The lowest BCUT2D eigenvalue weighted by atomic mass is 10.1. The molecule has 2 unspecified atom stereocenters. The van der Waals surface area contributed by atoms with E-state index in [0.717, 1.165) is 10.6 Å². The Morgan fingerprint density at radius 2 is 2.11 bits per heavy atom. The van der Waals surface area contributed by atoms with Gasteiger partial charge in [0.1, 0.15) is 11.9 Å². The fraction of sp³-hybridized carbons (Fsp3) is 0.538. The molecule has 1 heterocycles. The van der Waals surface area contributed by atoms with Crippen LogP contribution in [0.2, 0.25) is 0 Å². The molecule has 1 aromatic rings. The maximum absolute atomic E-state index is 12.1. The summed E-state index contributed by atoms with van der Waals surface area (Å²) in [4.78, 5) is 1.06. The molecule has 1 aliphatic heterocycles. The zero-order chi connectivity index (χ0) is 13.9. The zero-order valence-corrected chi connectivity index (χ0v) is 11.1. The number of hydrogen-bond acceptors (Lipinski definition) is 3. The van der Waals surface area contributed by atoms with Gasteiger partial charge in [-0.25, -0.2) is 0 Å². The van der Waals surface area contributed by atoms with Crippen molar-refractivity contribution in [3.63, 3.8) is 0 Å². The summed E-state index contributed by atoms with van der Waals surface area (Å²) in [7, 11) is 0. The van der Waals surface area contributed by atoms with Crippen molar-refractivity contribution in [2.24, 2.45) is 5.73 Å². The third-order valence-electron chi connectivity index (χ3n) is 3.01. The molecule has 0 spiro atoms. The van der Waals surface area contributed by atoms with Gasteiger partial charge in [0.25, 0.3) is 0 Å². The Balaban J connectivity index is 1.83. The predicted octanol–water partition coefficient (Wildman–Crippen LogP) is 3.60. The van der Waals surface area contributed by atoms with Gasteiger partial charge in [-0.1, -0.05) is 12.1 Å². The minimum Gasteiger partial charge on any atom is -0.487 e. The lowest BCUT2D eigenvalue weighted by molar-refractivity contribution is -0.136. The van der Waals surface area contributed by atoms with Crippen LogP contribution in [0.25, 0.3) is 0 Å². The molecule has 6 heteroatoms. The van der Waals surface area contributed by atoms with Crippen molar-refractivity contribution in [3.8, 4) is 5.75 Å². The highest BCUT2D eigenvalue weighted by atomic mass is 32.2. The lowest BCUT2D eigenvalue weighted by Crippen LogP contribution is -2.42. The molecule has 0 saturated carbocycles. The number of benzene rings is 1. The number of rotatable bonds is 4. The fourth-order valence-electron chi connectivity index (χ4n) is 1.97. The Bertz CT molecular complexity index is 425. The Morgan fingerprint density at radius 3 is 2.84 bits per heavy atom. The second-order valence-corrected chi connectivity index (χ2v) is 5.65. The second-order valence-electron chi connectivity index (χ2n) is 4.59. The van der Waals surface area contributed by atoms with Gasteiger partial charge in [-0.15, -0.1) is 11.8 Å². The Hall–Kier alpha value is -0.880. The molecule has 0 amide bonds. The molecular formula is C13H16F3NOS. The van der Waals surface area contributed by atoms with E-state index >= 15 is 0 Å². The number of hydrogen-bond donors (Lipinski definition) is 1. The molecule has 0 aliphatic carbocycles. The van der Waals surface area contributed by atoms with E-state index in [0.29, 0.717) is 12.2 Å². The van der Waals surface area contributed by atoms with Crippen LogP contribution in [0.3, 0.4) is 0 Å². The predicted molar refractivity (Wildman–Crippen MR) is 69.5 cm³/mol. The van der Waals surface area contributed by atoms with Gasteiger partial charge in [0.2, 0.25) is 0 Å². The monoisotopic (exact) mass is 291 g/mol. The molecule has 106 valence electrons. The van der Waals surface area contributed by atoms with Crippen LogP contribution in [0.5, 0.6) is 5.75 Å². The molecule has 2 nitrogen and oxygen atoms in total. The summed E-state index contributed by atoms with van der Waals surface area (Å²) in [6.45, 7) is 0. The maximum atomic E-state index is 12.1. The van der Waals surface area contributed by atoms with Crippen LogP contribution < -0.4 is 10.5 Å². The SMILES string of the molecule is NC(CCCC(F)(F)F)C1CSc2ccccc2O1. The molecule has 2 rings (SSSR count). The van der Waals surface area contributed by atoms with Crippen LogP contribution in [-0.4, -0.2) is 24.1 Å². The number of thioether (sulfide) groups is 1. The highest BCUT2D eigenvalue weighted by Crippen LogP contribution is 2.36. The summed E-state index contributed by atoms with van der Waals surface area (Å²) in [6.07, 6.45) is -4.72. The summed E-state index contributed by atoms with van der Waals surface area (Å²) in [6, 6.07) is 7.26. The van der Waals surface area contributed by atoms with E-state index in [1.54, 1.807) is 11.8 Å². The third-order valence-corrected chi connectivity index (χ3v) is 4.15. The van der Waals surface area contributed by atoms with Gasteiger partial charge >= 0.3 is 6.18 Å². The average molecular weight is 291 g/mol. The minimum absolute atomic E-state index is 0.0524. The molecular weight excluding hydrogens is 275 g/mol. The zero-order valence-electron chi connectivity index (χ0n) is 10.3. The number of para-hydroxylation sites is 1. The molecule has 0 radical (unpaired) electrons. The van der Waals surface area contributed by atoms with E-state index in [2.05, 4.69) is 0 Å². The molecule has 0 fully saturated rings. The number of fused-ring (bicyclic) bond motifs is 1. The van der Waals surface area contributed by atoms with Gasteiger partial charge < -0.3 is 10.5 Å². The summed E-state index contributed by atoms with van der Waals surface area (Å²) in [5.41, 5.74) is 5.93. The lowest BCUT2D eigenvalue weighted by Gasteiger charge is -2.29. The van der Waals surface area contributed by atoms with Crippen molar-refractivity contribution in [1.82, 2.24) is 0 Å². The number of nitrogens with two attached hydrogens (primary N) is 1. The first-order chi connectivity index (χ1) is 8.96. The molecule has 0 aromatic heterocycles. The highest BCUT2D eigenvalue weighted by molar-refractivity contribution is 7.99. The molecule has 1 aromatic carbocycles. The van der Waals surface area contributed by atoms with Gasteiger partial charge in [0, 0.05) is 23.1 Å². The van der Waals surface area contributed by atoms with E-state index in [1.165, 1.54) is 0 Å². The van der Waals surface area contributed by atoms with E-state index in [-0.39, 0.29) is 18.6 Å². The summed E-state index contributed by atoms with van der Waals surface area (Å²) in [5.74, 6) is 1.46. The first-order valence-electron chi connectivity index (χ1n) is 6.16. The summed E-state index contributed by atoms with van der Waals surface area (Å²) < 4.78 is 42.0. The Labute approximate surface area is 114 Å². The number of halogens is 3. The van der Waals surface area contributed by atoms with Crippen molar-refractivity contribution in [1.29, 1.82) is 0 Å². The summed E-state index contributed by atoms with van der Waals surface area (Å²) >= 11 is 1.64. The Morgan fingerprint density at radius 1 is 1.37 bits per heavy atom.